The van der Waals surface area contributed by atoms with E-state index < -0.39 is 9.84 Å². The van der Waals surface area contributed by atoms with Crippen LogP contribution in [0.5, 0.6) is 0 Å². The van der Waals surface area contributed by atoms with E-state index in [9.17, 15) is 8.42 Å². The molecule has 2 aromatic rings. The van der Waals surface area contributed by atoms with Crippen LogP contribution in [0.1, 0.15) is 25.3 Å². The summed E-state index contributed by atoms with van der Waals surface area (Å²) in [6, 6.07) is 10.0. The number of halogens is 1. The zero-order valence-corrected chi connectivity index (χ0v) is 13.1. The third-order valence-corrected chi connectivity index (χ3v) is 5.07. The Morgan fingerprint density at radius 3 is 2.21 bits per heavy atom. The second kappa shape index (κ2) is 5.43. The SMILES string of the molecule is CC(C)c1ccc(S(=O)(=O)c2ccnc(Br)c2)cc1. The molecule has 3 nitrogen and oxygen atoms in total. The number of aromatic nitrogens is 1. The molecule has 0 fully saturated rings. The molecular weight excluding hydrogens is 326 g/mol. The second-order valence-corrected chi connectivity index (χ2v) is 7.30. The predicted molar refractivity (Wildman–Crippen MR) is 77.9 cm³/mol. The standard InChI is InChI=1S/C14H14BrNO2S/c1-10(2)11-3-5-12(6-4-11)19(17,18)13-7-8-16-14(15)9-13/h3-10H,1-2H3. The molecule has 0 aliphatic heterocycles. The molecule has 1 aromatic heterocycles. The molecule has 100 valence electrons. The molecule has 0 atom stereocenters. The highest BCUT2D eigenvalue weighted by molar-refractivity contribution is 9.10. The molecule has 2 rings (SSSR count). The Kier molecular flexibility index (Phi) is 4.06. The summed E-state index contributed by atoms with van der Waals surface area (Å²) in [7, 11) is -3.47. The van der Waals surface area contributed by atoms with Gasteiger partial charge in [-0.3, -0.25) is 0 Å². The van der Waals surface area contributed by atoms with Crippen LogP contribution in [0.15, 0.2) is 57.0 Å². The Morgan fingerprint density at radius 1 is 1.05 bits per heavy atom. The fourth-order valence-corrected chi connectivity index (χ4v) is 3.51. The Hall–Kier alpha value is -1.20. The van der Waals surface area contributed by atoms with Crippen molar-refractivity contribution in [3.63, 3.8) is 0 Å². The molecule has 0 bridgehead atoms. The van der Waals surface area contributed by atoms with Gasteiger partial charge in [0.15, 0.2) is 0 Å². The average molecular weight is 340 g/mol. The molecule has 0 unspecified atom stereocenters. The van der Waals surface area contributed by atoms with Gasteiger partial charge in [0.1, 0.15) is 4.60 Å². The van der Waals surface area contributed by atoms with Crippen molar-refractivity contribution in [2.45, 2.75) is 29.6 Å². The van der Waals surface area contributed by atoms with Crippen molar-refractivity contribution in [2.24, 2.45) is 0 Å². The highest BCUT2D eigenvalue weighted by Gasteiger charge is 2.18. The van der Waals surface area contributed by atoms with E-state index in [1.807, 2.05) is 12.1 Å². The summed E-state index contributed by atoms with van der Waals surface area (Å²) in [6.07, 6.45) is 1.47. The van der Waals surface area contributed by atoms with Gasteiger partial charge in [0.2, 0.25) is 9.84 Å². The third-order valence-electron chi connectivity index (χ3n) is 2.87. The fraction of sp³-hybridized carbons (Fsp3) is 0.214. The monoisotopic (exact) mass is 339 g/mol. The van der Waals surface area contributed by atoms with Crippen LogP contribution in [0, 0.1) is 0 Å². The van der Waals surface area contributed by atoms with Crippen LogP contribution in [0.25, 0.3) is 0 Å². The number of sulfone groups is 1. The Bertz CT molecular complexity index is 679. The van der Waals surface area contributed by atoms with Crippen LogP contribution < -0.4 is 0 Å². The van der Waals surface area contributed by atoms with Gasteiger partial charge >= 0.3 is 0 Å². The highest BCUT2D eigenvalue weighted by Crippen LogP contribution is 2.24. The van der Waals surface area contributed by atoms with Gasteiger partial charge in [-0.25, -0.2) is 13.4 Å². The summed E-state index contributed by atoms with van der Waals surface area (Å²) in [5, 5.41) is 0. The number of rotatable bonds is 3. The molecule has 0 saturated carbocycles. The maximum atomic E-state index is 12.4. The van der Waals surface area contributed by atoms with Gasteiger partial charge in [-0.1, -0.05) is 26.0 Å². The number of hydrogen-bond acceptors (Lipinski definition) is 3. The van der Waals surface area contributed by atoms with Crippen molar-refractivity contribution in [1.29, 1.82) is 0 Å². The van der Waals surface area contributed by atoms with Crippen molar-refractivity contribution >= 4 is 25.8 Å². The normalized spacial score (nSPS) is 11.8. The van der Waals surface area contributed by atoms with E-state index in [1.165, 1.54) is 18.3 Å². The minimum absolute atomic E-state index is 0.242. The van der Waals surface area contributed by atoms with E-state index >= 15 is 0 Å². The number of nitrogens with zero attached hydrogens (tertiary/aromatic N) is 1. The van der Waals surface area contributed by atoms with E-state index in [0.29, 0.717) is 15.4 Å². The maximum Gasteiger partial charge on any atom is 0.206 e. The molecule has 19 heavy (non-hydrogen) atoms. The van der Waals surface area contributed by atoms with E-state index in [-0.39, 0.29) is 4.90 Å². The second-order valence-electron chi connectivity index (χ2n) is 4.54. The van der Waals surface area contributed by atoms with Crippen LogP contribution in [-0.2, 0) is 9.84 Å². The third kappa shape index (κ3) is 3.04. The molecule has 0 radical (unpaired) electrons. The lowest BCUT2D eigenvalue weighted by Crippen LogP contribution is -2.02. The van der Waals surface area contributed by atoms with Gasteiger partial charge in [0.25, 0.3) is 0 Å². The fourth-order valence-electron chi connectivity index (χ4n) is 1.72. The molecule has 0 spiro atoms. The lowest BCUT2D eigenvalue weighted by molar-refractivity contribution is 0.595. The summed E-state index contributed by atoms with van der Waals surface area (Å²) >= 11 is 3.18. The lowest BCUT2D eigenvalue weighted by atomic mass is 10.0. The zero-order valence-electron chi connectivity index (χ0n) is 10.7. The molecule has 0 aliphatic carbocycles. The van der Waals surface area contributed by atoms with Crippen LogP contribution in [0.2, 0.25) is 0 Å². The van der Waals surface area contributed by atoms with E-state index in [1.54, 1.807) is 12.1 Å². The lowest BCUT2D eigenvalue weighted by Gasteiger charge is -2.08. The van der Waals surface area contributed by atoms with Crippen LogP contribution in [0.3, 0.4) is 0 Å². The highest BCUT2D eigenvalue weighted by atomic mass is 79.9. The molecule has 1 aromatic carbocycles. The van der Waals surface area contributed by atoms with E-state index in [2.05, 4.69) is 34.8 Å². The smallest absolute Gasteiger partial charge is 0.206 e. The first-order valence-electron chi connectivity index (χ1n) is 5.88. The van der Waals surface area contributed by atoms with Crippen molar-refractivity contribution in [3.8, 4) is 0 Å². The van der Waals surface area contributed by atoms with Crippen LogP contribution in [0.4, 0.5) is 0 Å². The number of pyridine rings is 1. The van der Waals surface area contributed by atoms with Gasteiger partial charge in [0, 0.05) is 6.20 Å². The maximum absolute atomic E-state index is 12.4. The first-order valence-corrected chi connectivity index (χ1v) is 8.15. The molecule has 0 aliphatic rings. The Balaban J connectivity index is 2.45. The minimum Gasteiger partial charge on any atom is -0.249 e. The largest absolute Gasteiger partial charge is 0.249 e. The van der Waals surface area contributed by atoms with Crippen LogP contribution >= 0.6 is 15.9 Å². The molecule has 1 heterocycles. The van der Waals surface area contributed by atoms with Crippen molar-refractivity contribution in [1.82, 2.24) is 4.98 Å². The molecular formula is C14H14BrNO2S. The zero-order chi connectivity index (χ0) is 14.0. The summed E-state index contributed by atoms with van der Waals surface area (Å²) in [4.78, 5) is 4.48. The van der Waals surface area contributed by atoms with Gasteiger partial charge in [0.05, 0.1) is 9.79 Å². The van der Waals surface area contributed by atoms with Crippen molar-refractivity contribution in [2.75, 3.05) is 0 Å². The summed E-state index contributed by atoms with van der Waals surface area (Å²) in [5.41, 5.74) is 1.12. The van der Waals surface area contributed by atoms with Gasteiger partial charge < -0.3 is 0 Å². The number of hydrogen-bond donors (Lipinski definition) is 0. The minimum atomic E-state index is -3.47. The molecule has 5 heteroatoms. The number of benzene rings is 1. The van der Waals surface area contributed by atoms with Crippen molar-refractivity contribution < 1.29 is 8.42 Å². The average Bonchev–Trinajstić information content (AvgIpc) is 2.39. The quantitative estimate of drug-likeness (QED) is 0.799. The van der Waals surface area contributed by atoms with Gasteiger partial charge in [-0.15, -0.1) is 0 Å². The summed E-state index contributed by atoms with van der Waals surface area (Å²) in [6.45, 7) is 4.15. The Labute approximate surface area is 121 Å². The molecule has 0 amide bonds. The van der Waals surface area contributed by atoms with E-state index in [4.69, 9.17) is 0 Å². The molecule has 0 N–H and O–H groups in total. The first-order chi connectivity index (χ1) is 8.91. The van der Waals surface area contributed by atoms with Crippen LogP contribution in [-0.4, -0.2) is 13.4 Å². The van der Waals surface area contributed by atoms with E-state index in [0.717, 1.165) is 5.56 Å². The summed E-state index contributed by atoms with van der Waals surface area (Å²) < 4.78 is 25.3. The topological polar surface area (TPSA) is 47.0 Å². The predicted octanol–water partition coefficient (Wildman–Crippen LogP) is 3.80. The van der Waals surface area contributed by atoms with Gasteiger partial charge in [-0.2, -0.15) is 0 Å². The molecule has 0 saturated heterocycles. The first kappa shape index (κ1) is 14.2. The summed E-state index contributed by atoms with van der Waals surface area (Å²) in [5.74, 6) is 0.381. The van der Waals surface area contributed by atoms with Gasteiger partial charge in [-0.05, 0) is 51.7 Å². The van der Waals surface area contributed by atoms with Crippen molar-refractivity contribution in [3.05, 3.63) is 52.8 Å². The Morgan fingerprint density at radius 2 is 1.68 bits per heavy atom.